The van der Waals surface area contributed by atoms with E-state index in [1.54, 1.807) is 0 Å². The molecule has 2 atom stereocenters. The van der Waals surface area contributed by atoms with Crippen LogP contribution in [0, 0.1) is 0 Å². The first kappa shape index (κ1) is 23.2. The summed E-state index contributed by atoms with van der Waals surface area (Å²) in [7, 11) is 1.24. The second-order valence-corrected chi connectivity index (χ2v) is 7.59. The molecule has 0 aromatic carbocycles. The molecule has 0 rings (SSSR count). The smallest absolute Gasteiger partial charge is 0.333 e. The lowest BCUT2D eigenvalue weighted by Gasteiger charge is -2.28. The zero-order chi connectivity index (χ0) is 18.8. The number of hydrogen-bond donors (Lipinski definition) is 1. The van der Waals surface area contributed by atoms with Gasteiger partial charge < -0.3 is 33.0 Å². The number of aliphatic hydroxyl groups excluding tert-OH is 1. The van der Waals surface area contributed by atoms with Gasteiger partial charge in [0.05, 0.1) is 41.0 Å². The molecule has 0 radical (unpaired) electrons. The molecule has 0 fully saturated rings. The number of phosphoric ester groups is 1. The maximum absolute atomic E-state index is 11.6. The second-order valence-electron chi connectivity index (χ2n) is 6.18. The number of phosphoric acid groups is 1. The summed E-state index contributed by atoms with van der Waals surface area (Å²) >= 11 is 0. The van der Waals surface area contributed by atoms with E-state index in [9.17, 15) is 14.3 Å². The molecule has 1 unspecified atom stereocenters. The summed E-state index contributed by atoms with van der Waals surface area (Å²) in [6, 6.07) is 0. The quantitative estimate of drug-likeness (QED) is 0.155. The van der Waals surface area contributed by atoms with Crippen molar-refractivity contribution in [2.24, 2.45) is 0 Å². The predicted molar refractivity (Wildman–Crippen MR) is 85.0 cm³/mol. The van der Waals surface area contributed by atoms with Crippen molar-refractivity contribution in [1.82, 2.24) is 0 Å². The summed E-state index contributed by atoms with van der Waals surface area (Å²) in [6.07, 6.45) is -0.877. The molecule has 0 bridgehead atoms. The monoisotopic (exact) mass is 369 g/mol. The molecule has 0 aliphatic carbocycles. The fraction of sp³-hybridized carbons (Fsp3) is 0.786. The van der Waals surface area contributed by atoms with Crippen LogP contribution in [0.15, 0.2) is 12.2 Å². The predicted octanol–water partition coefficient (Wildman–Crippen LogP) is -0.309. The van der Waals surface area contributed by atoms with Gasteiger partial charge in [-0.05, 0) is 6.92 Å². The normalized spacial score (nSPS) is 15.6. The standard InChI is InChI=1S/C14H28NO8P/c1-12(2)14(17)21-9-8-20-13(10-16)11-23-24(18,19)22-7-6-15(3,4)5/h13,16H,1,6-11H2,2-5H3/t13-/m1/s1. The number of esters is 1. The van der Waals surface area contributed by atoms with Crippen LogP contribution in [0.25, 0.3) is 0 Å². The van der Waals surface area contributed by atoms with Crippen molar-refractivity contribution in [2.75, 3.05) is 60.7 Å². The molecule has 0 saturated heterocycles. The van der Waals surface area contributed by atoms with Crippen LogP contribution >= 0.6 is 7.82 Å². The summed E-state index contributed by atoms with van der Waals surface area (Å²) < 4.78 is 31.5. The molecule has 0 aliphatic heterocycles. The van der Waals surface area contributed by atoms with E-state index in [1.807, 2.05) is 21.1 Å². The molecule has 0 spiro atoms. The van der Waals surface area contributed by atoms with Crippen molar-refractivity contribution >= 4 is 13.8 Å². The Morgan fingerprint density at radius 2 is 1.88 bits per heavy atom. The highest BCUT2D eigenvalue weighted by atomic mass is 31.2. The number of carbonyl (C=O) groups excluding carboxylic acids is 1. The van der Waals surface area contributed by atoms with Crippen LogP contribution in [0.5, 0.6) is 0 Å². The van der Waals surface area contributed by atoms with Gasteiger partial charge in [0.1, 0.15) is 25.9 Å². The van der Waals surface area contributed by atoms with Crippen LogP contribution in [0.2, 0.25) is 0 Å². The van der Waals surface area contributed by atoms with Gasteiger partial charge in [-0.25, -0.2) is 4.79 Å². The first-order chi connectivity index (χ1) is 11.0. The Hall–Kier alpha value is -0.800. The van der Waals surface area contributed by atoms with E-state index in [0.717, 1.165) is 0 Å². The van der Waals surface area contributed by atoms with E-state index in [-0.39, 0.29) is 25.4 Å². The van der Waals surface area contributed by atoms with E-state index in [1.165, 1.54) is 6.92 Å². The van der Waals surface area contributed by atoms with Gasteiger partial charge in [-0.1, -0.05) is 6.58 Å². The number of hydrogen-bond acceptors (Lipinski definition) is 8. The molecular formula is C14H28NO8P. The van der Waals surface area contributed by atoms with Crippen molar-refractivity contribution in [1.29, 1.82) is 0 Å². The molecule has 10 heteroatoms. The highest BCUT2D eigenvalue weighted by molar-refractivity contribution is 7.45. The Bertz CT molecular complexity index is 449. The first-order valence-electron chi connectivity index (χ1n) is 7.42. The van der Waals surface area contributed by atoms with E-state index in [4.69, 9.17) is 19.1 Å². The fourth-order valence-electron chi connectivity index (χ4n) is 1.26. The zero-order valence-electron chi connectivity index (χ0n) is 14.7. The molecule has 9 nitrogen and oxygen atoms in total. The van der Waals surface area contributed by atoms with Crippen LogP contribution in [0.3, 0.4) is 0 Å². The lowest BCUT2D eigenvalue weighted by Crippen LogP contribution is -2.37. The van der Waals surface area contributed by atoms with Crippen molar-refractivity contribution in [2.45, 2.75) is 13.0 Å². The van der Waals surface area contributed by atoms with Crippen LogP contribution in [0.4, 0.5) is 0 Å². The average Bonchev–Trinajstić information content (AvgIpc) is 2.44. The lowest BCUT2D eigenvalue weighted by molar-refractivity contribution is -0.870. The Labute approximate surface area is 143 Å². The van der Waals surface area contributed by atoms with E-state index >= 15 is 0 Å². The van der Waals surface area contributed by atoms with Gasteiger partial charge in [0.15, 0.2) is 0 Å². The van der Waals surface area contributed by atoms with Gasteiger partial charge in [0.25, 0.3) is 7.82 Å². The third-order valence-electron chi connectivity index (χ3n) is 2.65. The minimum atomic E-state index is -4.46. The van der Waals surface area contributed by atoms with Crippen LogP contribution in [-0.2, 0) is 27.9 Å². The molecule has 1 N–H and O–H groups in total. The zero-order valence-corrected chi connectivity index (χ0v) is 15.6. The maximum Gasteiger partial charge on any atom is 0.333 e. The molecule has 142 valence electrons. The molecule has 24 heavy (non-hydrogen) atoms. The minimum absolute atomic E-state index is 0.00815. The van der Waals surface area contributed by atoms with E-state index in [0.29, 0.717) is 11.0 Å². The van der Waals surface area contributed by atoms with E-state index < -0.39 is 33.1 Å². The third kappa shape index (κ3) is 12.6. The summed E-state index contributed by atoms with van der Waals surface area (Å²) in [5.74, 6) is -0.551. The molecule has 0 aliphatic rings. The number of likely N-dealkylation sites (N-methyl/N-ethyl adjacent to an activating group) is 1. The summed E-state index contributed by atoms with van der Waals surface area (Å²) in [6.45, 7) is 4.52. The van der Waals surface area contributed by atoms with Crippen LogP contribution in [0.1, 0.15) is 6.92 Å². The fourth-order valence-corrected chi connectivity index (χ4v) is 1.99. The van der Waals surface area contributed by atoms with Crippen molar-refractivity contribution in [3.63, 3.8) is 0 Å². The highest BCUT2D eigenvalue weighted by Crippen LogP contribution is 2.38. The Morgan fingerprint density at radius 1 is 1.25 bits per heavy atom. The number of aliphatic hydroxyl groups is 1. The summed E-state index contributed by atoms with van der Waals surface area (Å²) in [4.78, 5) is 22.7. The number of quaternary nitrogens is 1. The Balaban J connectivity index is 4.04. The van der Waals surface area contributed by atoms with Gasteiger partial charge >= 0.3 is 5.97 Å². The highest BCUT2D eigenvalue weighted by Gasteiger charge is 2.17. The first-order valence-corrected chi connectivity index (χ1v) is 8.88. The van der Waals surface area contributed by atoms with Gasteiger partial charge in [-0.15, -0.1) is 0 Å². The van der Waals surface area contributed by atoms with Crippen molar-refractivity contribution in [3.05, 3.63) is 12.2 Å². The van der Waals surface area contributed by atoms with Gasteiger partial charge in [-0.3, -0.25) is 4.57 Å². The van der Waals surface area contributed by atoms with Crippen LogP contribution in [-0.4, -0.2) is 82.4 Å². The number of carbonyl (C=O) groups is 1. The lowest BCUT2D eigenvalue weighted by atomic mass is 10.4. The molecule has 0 aromatic rings. The average molecular weight is 369 g/mol. The Morgan fingerprint density at radius 3 is 2.38 bits per heavy atom. The van der Waals surface area contributed by atoms with Gasteiger partial charge in [0, 0.05) is 5.57 Å². The van der Waals surface area contributed by atoms with E-state index in [2.05, 4.69) is 11.1 Å². The van der Waals surface area contributed by atoms with Crippen LogP contribution < -0.4 is 4.89 Å². The molecule has 0 amide bonds. The molecular weight excluding hydrogens is 341 g/mol. The maximum atomic E-state index is 11.6. The Kier molecular flexibility index (Phi) is 10.6. The SMILES string of the molecule is C=C(C)C(=O)OCCO[C@H](CO)COP(=O)([O-])OCC[N+](C)(C)C. The minimum Gasteiger partial charge on any atom is -0.756 e. The molecule has 0 aromatic heterocycles. The summed E-state index contributed by atoms with van der Waals surface area (Å²) in [5, 5.41) is 9.14. The second kappa shape index (κ2) is 10.9. The summed E-state index contributed by atoms with van der Waals surface area (Å²) in [5.41, 5.74) is 0.260. The van der Waals surface area contributed by atoms with Crippen molar-refractivity contribution in [3.8, 4) is 0 Å². The molecule has 0 heterocycles. The van der Waals surface area contributed by atoms with Gasteiger partial charge in [-0.2, -0.15) is 0 Å². The van der Waals surface area contributed by atoms with Gasteiger partial charge in [0.2, 0.25) is 0 Å². The third-order valence-corrected chi connectivity index (χ3v) is 3.62. The number of nitrogens with zero attached hydrogens (tertiary/aromatic N) is 1. The number of rotatable bonds is 13. The van der Waals surface area contributed by atoms with Crippen molar-refractivity contribution < 1.29 is 42.4 Å². The molecule has 0 saturated carbocycles. The largest absolute Gasteiger partial charge is 0.756 e. The topological polar surface area (TPSA) is 114 Å². The number of ether oxygens (including phenoxy) is 2.